The van der Waals surface area contributed by atoms with Crippen LogP contribution in [0.15, 0.2) is 91.5 Å². The summed E-state index contributed by atoms with van der Waals surface area (Å²) >= 11 is 0. The van der Waals surface area contributed by atoms with Crippen molar-refractivity contribution in [3.8, 4) is 5.75 Å². The van der Waals surface area contributed by atoms with Crippen LogP contribution >= 0.6 is 0 Å². The average Bonchev–Trinajstić information content (AvgIpc) is 3.28. The molecule has 192 valence electrons. The number of hydrogen-bond acceptors (Lipinski definition) is 3. The van der Waals surface area contributed by atoms with Crippen molar-refractivity contribution in [3.05, 3.63) is 108 Å². The van der Waals surface area contributed by atoms with Crippen LogP contribution in [0.3, 0.4) is 0 Å². The standard InChI is InChI=1S/C32H37N3O2/c1-2-13-27-16-6-9-19-30(27)37-25-11-10-24-35-29-18-8-7-17-28(29)34-31(35)20-12-23-33-32(36)22-21-26-14-4-3-5-15-26/h2-9,14-19H,1,10-13,20-25H2,(H,33,36). The molecular weight excluding hydrogens is 458 g/mol. The molecule has 0 unspecified atom stereocenters. The Morgan fingerprint density at radius 2 is 1.70 bits per heavy atom. The summed E-state index contributed by atoms with van der Waals surface area (Å²) in [5.41, 5.74) is 4.56. The third-order valence-electron chi connectivity index (χ3n) is 6.49. The van der Waals surface area contributed by atoms with Crippen LogP contribution in [0.5, 0.6) is 5.75 Å². The van der Waals surface area contributed by atoms with Gasteiger partial charge in [0.1, 0.15) is 11.6 Å². The third kappa shape index (κ3) is 7.81. The summed E-state index contributed by atoms with van der Waals surface area (Å²) in [6.07, 6.45) is 7.68. The van der Waals surface area contributed by atoms with E-state index in [4.69, 9.17) is 9.72 Å². The number of rotatable bonds is 15. The lowest BCUT2D eigenvalue weighted by atomic mass is 10.1. The third-order valence-corrected chi connectivity index (χ3v) is 6.49. The second kappa shape index (κ2) is 14.0. The minimum atomic E-state index is 0.104. The van der Waals surface area contributed by atoms with Gasteiger partial charge in [-0.15, -0.1) is 6.58 Å². The van der Waals surface area contributed by atoms with Gasteiger partial charge in [-0.25, -0.2) is 4.98 Å². The number of allylic oxidation sites excluding steroid dienone is 1. The van der Waals surface area contributed by atoms with Gasteiger partial charge >= 0.3 is 0 Å². The molecule has 0 spiro atoms. The SMILES string of the molecule is C=CCc1ccccc1OCCCCn1c(CCCNC(=O)CCc2ccccc2)nc2ccccc21. The molecule has 4 rings (SSSR count). The number of aromatic nitrogens is 2. The van der Waals surface area contributed by atoms with Crippen LogP contribution in [0, 0.1) is 0 Å². The fourth-order valence-electron chi connectivity index (χ4n) is 4.55. The molecule has 1 N–H and O–H groups in total. The monoisotopic (exact) mass is 495 g/mol. The first-order chi connectivity index (χ1) is 18.2. The van der Waals surface area contributed by atoms with Crippen molar-refractivity contribution in [2.24, 2.45) is 0 Å². The van der Waals surface area contributed by atoms with Crippen LogP contribution in [0.1, 0.15) is 42.6 Å². The van der Waals surface area contributed by atoms with Gasteiger partial charge in [-0.1, -0.05) is 66.7 Å². The highest BCUT2D eigenvalue weighted by Gasteiger charge is 2.11. The summed E-state index contributed by atoms with van der Waals surface area (Å²) in [4.78, 5) is 17.1. The molecule has 0 radical (unpaired) electrons. The summed E-state index contributed by atoms with van der Waals surface area (Å²) in [5.74, 6) is 2.13. The molecule has 0 aliphatic heterocycles. The number of benzene rings is 3. The topological polar surface area (TPSA) is 56.1 Å². The van der Waals surface area contributed by atoms with Crippen LogP contribution in [0.25, 0.3) is 11.0 Å². The summed E-state index contributed by atoms with van der Waals surface area (Å²) in [6, 6.07) is 26.6. The fourth-order valence-corrected chi connectivity index (χ4v) is 4.55. The number of carbonyl (C=O) groups is 1. The van der Waals surface area contributed by atoms with E-state index in [1.165, 1.54) is 16.6 Å². The van der Waals surface area contributed by atoms with E-state index in [2.05, 4.69) is 52.9 Å². The van der Waals surface area contributed by atoms with Crippen molar-refractivity contribution < 1.29 is 9.53 Å². The minimum Gasteiger partial charge on any atom is -0.493 e. The van der Waals surface area contributed by atoms with E-state index in [0.717, 1.165) is 62.2 Å². The molecule has 0 aliphatic rings. The number of nitrogens with one attached hydrogen (secondary N) is 1. The van der Waals surface area contributed by atoms with Crippen LogP contribution in [0.2, 0.25) is 0 Å². The Bertz CT molecular complexity index is 1280. The first-order valence-electron chi connectivity index (χ1n) is 13.3. The Labute approximate surface area is 220 Å². The van der Waals surface area contributed by atoms with Crippen LogP contribution < -0.4 is 10.1 Å². The Morgan fingerprint density at radius 1 is 0.919 bits per heavy atom. The lowest BCUT2D eigenvalue weighted by Gasteiger charge is -2.12. The van der Waals surface area contributed by atoms with E-state index in [1.807, 2.05) is 48.5 Å². The van der Waals surface area contributed by atoms with Gasteiger partial charge in [-0.3, -0.25) is 4.79 Å². The van der Waals surface area contributed by atoms with Gasteiger partial charge < -0.3 is 14.6 Å². The first-order valence-corrected chi connectivity index (χ1v) is 13.3. The summed E-state index contributed by atoms with van der Waals surface area (Å²) in [7, 11) is 0. The maximum absolute atomic E-state index is 12.2. The quantitative estimate of drug-likeness (QED) is 0.155. The molecular formula is C32H37N3O2. The first kappa shape index (κ1) is 26.2. The van der Waals surface area contributed by atoms with Crippen molar-refractivity contribution in [2.75, 3.05) is 13.2 Å². The predicted octanol–water partition coefficient (Wildman–Crippen LogP) is 6.31. The van der Waals surface area contributed by atoms with Gasteiger partial charge in [0.2, 0.25) is 5.91 Å². The van der Waals surface area contributed by atoms with Gasteiger partial charge in [0.15, 0.2) is 0 Å². The Kier molecular flexibility index (Phi) is 9.94. The fraction of sp³-hybridized carbons (Fsp3) is 0.312. The normalized spacial score (nSPS) is 10.9. The number of para-hydroxylation sites is 3. The highest BCUT2D eigenvalue weighted by molar-refractivity contribution is 5.76. The molecule has 1 amide bonds. The Hall–Kier alpha value is -3.86. The minimum absolute atomic E-state index is 0.104. The van der Waals surface area contributed by atoms with E-state index in [9.17, 15) is 4.79 Å². The van der Waals surface area contributed by atoms with Crippen LogP contribution in [-0.4, -0.2) is 28.6 Å². The van der Waals surface area contributed by atoms with Crippen LogP contribution in [-0.2, 0) is 30.6 Å². The van der Waals surface area contributed by atoms with E-state index in [0.29, 0.717) is 19.6 Å². The zero-order valence-corrected chi connectivity index (χ0v) is 21.6. The number of ether oxygens (including phenoxy) is 1. The number of nitrogens with zero attached hydrogens (tertiary/aromatic N) is 2. The molecule has 4 aromatic rings. The van der Waals surface area contributed by atoms with Gasteiger partial charge in [-0.2, -0.15) is 0 Å². The second-order valence-corrected chi connectivity index (χ2v) is 9.26. The Morgan fingerprint density at radius 3 is 2.57 bits per heavy atom. The summed E-state index contributed by atoms with van der Waals surface area (Å²) < 4.78 is 8.40. The van der Waals surface area contributed by atoms with Gasteiger partial charge in [0.25, 0.3) is 0 Å². The molecule has 0 bridgehead atoms. The molecule has 1 heterocycles. The molecule has 3 aromatic carbocycles. The number of unbranched alkanes of at least 4 members (excludes halogenated alkanes) is 1. The van der Waals surface area contributed by atoms with Crippen molar-refractivity contribution in [1.82, 2.24) is 14.9 Å². The van der Waals surface area contributed by atoms with Crippen LogP contribution in [0.4, 0.5) is 0 Å². The number of carbonyl (C=O) groups excluding carboxylic acids is 1. The highest BCUT2D eigenvalue weighted by atomic mass is 16.5. The zero-order valence-electron chi connectivity index (χ0n) is 21.6. The molecule has 5 nitrogen and oxygen atoms in total. The zero-order chi connectivity index (χ0) is 25.7. The van der Waals surface area contributed by atoms with E-state index < -0.39 is 0 Å². The van der Waals surface area contributed by atoms with Gasteiger partial charge in [0, 0.05) is 25.9 Å². The molecule has 0 saturated heterocycles. The maximum atomic E-state index is 12.2. The predicted molar refractivity (Wildman–Crippen MR) is 151 cm³/mol. The molecule has 0 saturated carbocycles. The van der Waals surface area contributed by atoms with E-state index >= 15 is 0 Å². The summed E-state index contributed by atoms with van der Waals surface area (Å²) in [5, 5.41) is 3.07. The van der Waals surface area contributed by atoms with E-state index in [-0.39, 0.29) is 5.91 Å². The molecule has 1 aromatic heterocycles. The van der Waals surface area contributed by atoms with Crippen molar-refractivity contribution >= 4 is 16.9 Å². The maximum Gasteiger partial charge on any atom is 0.220 e. The van der Waals surface area contributed by atoms with Crippen molar-refractivity contribution in [3.63, 3.8) is 0 Å². The van der Waals surface area contributed by atoms with Gasteiger partial charge in [-0.05, 0) is 61.4 Å². The summed E-state index contributed by atoms with van der Waals surface area (Å²) in [6.45, 7) is 6.09. The molecule has 0 aliphatic carbocycles. The van der Waals surface area contributed by atoms with Crippen molar-refractivity contribution in [1.29, 1.82) is 0 Å². The molecule has 0 fully saturated rings. The number of aryl methyl sites for hydroxylation is 3. The smallest absolute Gasteiger partial charge is 0.220 e. The van der Waals surface area contributed by atoms with Crippen molar-refractivity contribution in [2.45, 2.75) is 51.5 Å². The largest absolute Gasteiger partial charge is 0.493 e. The number of fused-ring (bicyclic) bond motifs is 1. The molecule has 37 heavy (non-hydrogen) atoms. The molecule has 0 atom stereocenters. The second-order valence-electron chi connectivity index (χ2n) is 9.26. The number of amides is 1. The Balaban J connectivity index is 1.24. The van der Waals surface area contributed by atoms with Gasteiger partial charge in [0.05, 0.1) is 17.6 Å². The number of hydrogen-bond donors (Lipinski definition) is 1. The lowest BCUT2D eigenvalue weighted by molar-refractivity contribution is -0.121. The lowest BCUT2D eigenvalue weighted by Crippen LogP contribution is -2.25. The average molecular weight is 496 g/mol. The van der Waals surface area contributed by atoms with E-state index in [1.54, 1.807) is 0 Å². The molecule has 5 heteroatoms. The highest BCUT2D eigenvalue weighted by Crippen LogP contribution is 2.20. The number of imidazole rings is 1.